The van der Waals surface area contributed by atoms with Crippen LogP contribution in [0, 0.1) is 17.2 Å². The summed E-state index contributed by atoms with van der Waals surface area (Å²) in [7, 11) is 0. The number of pyridine rings is 1. The Kier molecular flexibility index (Phi) is 6.36. The fraction of sp³-hybridized carbons (Fsp3) is 0.231. The van der Waals surface area contributed by atoms with Gasteiger partial charge in [0.2, 0.25) is 0 Å². The van der Waals surface area contributed by atoms with Gasteiger partial charge in [-0.05, 0) is 31.9 Å². The van der Waals surface area contributed by atoms with Crippen LogP contribution in [0.25, 0.3) is 27.9 Å². The summed E-state index contributed by atoms with van der Waals surface area (Å²) in [5, 5.41) is 10.7. The van der Waals surface area contributed by atoms with Crippen molar-refractivity contribution in [2.75, 3.05) is 6.61 Å². The van der Waals surface area contributed by atoms with E-state index in [1.54, 1.807) is 6.92 Å². The monoisotopic (exact) mass is 439 g/mol. The molecule has 0 radical (unpaired) electrons. The summed E-state index contributed by atoms with van der Waals surface area (Å²) in [6.45, 7) is 2.14. The second-order valence-electron chi connectivity index (χ2n) is 7.96. The van der Waals surface area contributed by atoms with Gasteiger partial charge in [0.1, 0.15) is 17.5 Å². The highest BCUT2D eigenvalue weighted by atomic mass is 16.5. The zero-order valence-electron chi connectivity index (χ0n) is 18.4. The van der Waals surface area contributed by atoms with Crippen molar-refractivity contribution in [2.45, 2.75) is 25.8 Å². The maximum absolute atomic E-state index is 11.8. The number of nitriles is 1. The normalized spacial score (nSPS) is 18.7. The molecule has 4 N–H and O–H groups in total. The molecule has 0 saturated heterocycles. The molecule has 166 valence electrons. The SMILES string of the molecule is CCOC(=O)C1CC(N=C(N)/C(C#N)=C(\N)c2ccc3ccc(-c4ccccc4)nc3c2)C1. The lowest BCUT2D eigenvalue weighted by Gasteiger charge is -2.30. The number of hydrogen-bond acceptors (Lipinski definition) is 6. The highest BCUT2D eigenvalue weighted by Gasteiger charge is 2.35. The number of esters is 1. The maximum atomic E-state index is 11.8. The number of nitrogens with zero attached hydrogens (tertiary/aromatic N) is 3. The predicted molar refractivity (Wildman–Crippen MR) is 129 cm³/mol. The Morgan fingerprint density at radius 1 is 1.15 bits per heavy atom. The highest BCUT2D eigenvalue weighted by molar-refractivity contribution is 6.07. The van der Waals surface area contributed by atoms with Gasteiger partial charge in [-0.15, -0.1) is 0 Å². The summed E-state index contributed by atoms with van der Waals surface area (Å²) in [5.74, 6) is -0.297. The van der Waals surface area contributed by atoms with E-state index in [0.29, 0.717) is 25.0 Å². The molecule has 1 heterocycles. The number of aliphatic imine (C=N–C) groups is 1. The minimum Gasteiger partial charge on any atom is -0.466 e. The third kappa shape index (κ3) is 4.70. The maximum Gasteiger partial charge on any atom is 0.309 e. The van der Waals surface area contributed by atoms with Crippen molar-refractivity contribution >= 4 is 28.4 Å². The van der Waals surface area contributed by atoms with Crippen LogP contribution >= 0.6 is 0 Å². The number of fused-ring (bicyclic) bond motifs is 1. The first-order valence-electron chi connectivity index (χ1n) is 10.9. The third-order valence-corrected chi connectivity index (χ3v) is 5.76. The molecule has 33 heavy (non-hydrogen) atoms. The molecule has 0 aliphatic heterocycles. The van der Waals surface area contributed by atoms with Gasteiger partial charge in [0.05, 0.1) is 35.5 Å². The predicted octanol–water partition coefficient (Wildman–Crippen LogP) is 3.79. The molecule has 0 spiro atoms. The molecule has 3 aromatic rings. The molecule has 1 saturated carbocycles. The van der Waals surface area contributed by atoms with Crippen LogP contribution in [0.5, 0.6) is 0 Å². The van der Waals surface area contributed by atoms with Crippen molar-refractivity contribution in [1.82, 2.24) is 4.98 Å². The van der Waals surface area contributed by atoms with Crippen molar-refractivity contribution in [3.8, 4) is 17.3 Å². The quantitative estimate of drug-likeness (QED) is 0.260. The molecule has 1 aliphatic carbocycles. The molecule has 1 fully saturated rings. The van der Waals surface area contributed by atoms with Crippen LogP contribution in [0.3, 0.4) is 0 Å². The van der Waals surface area contributed by atoms with Gasteiger partial charge in [0, 0.05) is 16.5 Å². The summed E-state index contributed by atoms with van der Waals surface area (Å²) in [6.07, 6.45) is 1.11. The minimum absolute atomic E-state index is 0.0772. The standard InChI is InChI=1S/C26H25N5O2/c1-2-33-26(32)19-12-20(13-19)30-25(29)21(15-27)24(28)18-9-8-17-10-11-22(31-23(17)14-18)16-6-4-3-5-7-16/h3-11,14,19-20H,2,12-13,28H2,1H3,(H2,29,30)/b24-21-. The van der Waals surface area contributed by atoms with E-state index in [-0.39, 0.29) is 35.0 Å². The number of carbonyl (C=O) groups excluding carboxylic acids is 1. The van der Waals surface area contributed by atoms with Crippen molar-refractivity contribution in [2.24, 2.45) is 22.4 Å². The molecule has 2 aromatic carbocycles. The van der Waals surface area contributed by atoms with E-state index >= 15 is 0 Å². The van der Waals surface area contributed by atoms with Crippen LogP contribution in [-0.2, 0) is 9.53 Å². The molecule has 0 unspecified atom stereocenters. The van der Waals surface area contributed by atoms with Gasteiger partial charge in [0.25, 0.3) is 0 Å². The first-order chi connectivity index (χ1) is 16.0. The van der Waals surface area contributed by atoms with Gasteiger partial charge >= 0.3 is 5.97 Å². The Morgan fingerprint density at radius 3 is 2.58 bits per heavy atom. The van der Waals surface area contributed by atoms with Gasteiger partial charge in [-0.1, -0.05) is 48.5 Å². The van der Waals surface area contributed by atoms with E-state index in [9.17, 15) is 10.1 Å². The Labute approximate surface area is 192 Å². The zero-order chi connectivity index (χ0) is 23.4. The molecule has 0 amide bonds. The Balaban J connectivity index is 1.59. The van der Waals surface area contributed by atoms with Gasteiger partial charge in [0.15, 0.2) is 0 Å². The number of benzene rings is 2. The largest absolute Gasteiger partial charge is 0.466 e. The second kappa shape index (κ2) is 9.53. The van der Waals surface area contributed by atoms with E-state index in [2.05, 4.69) is 11.1 Å². The number of amidine groups is 1. The van der Waals surface area contributed by atoms with E-state index in [1.807, 2.05) is 60.7 Å². The van der Waals surface area contributed by atoms with E-state index in [0.717, 1.165) is 22.2 Å². The average Bonchev–Trinajstić information content (AvgIpc) is 2.81. The molecule has 1 aliphatic rings. The van der Waals surface area contributed by atoms with Gasteiger partial charge in [-0.3, -0.25) is 9.79 Å². The van der Waals surface area contributed by atoms with Crippen LogP contribution in [0.2, 0.25) is 0 Å². The lowest BCUT2D eigenvalue weighted by molar-refractivity contribution is -0.151. The molecule has 4 rings (SSSR count). The fourth-order valence-corrected chi connectivity index (χ4v) is 3.86. The molecule has 0 atom stereocenters. The number of nitrogens with two attached hydrogens (primary N) is 2. The van der Waals surface area contributed by atoms with E-state index in [1.165, 1.54) is 0 Å². The van der Waals surface area contributed by atoms with Crippen molar-refractivity contribution in [1.29, 1.82) is 5.26 Å². The first-order valence-corrected chi connectivity index (χ1v) is 10.9. The first kappa shape index (κ1) is 22.0. The van der Waals surface area contributed by atoms with Gasteiger partial charge in [-0.25, -0.2) is 4.98 Å². The molecule has 7 nitrogen and oxygen atoms in total. The lowest BCUT2D eigenvalue weighted by Crippen LogP contribution is -2.36. The number of rotatable bonds is 6. The van der Waals surface area contributed by atoms with Crippen molar-refractivity contribution in [3.05, 3.63) is 71.8 Å². The minimum atomic E-state index is -0.211. The summed E-state index contributed by atoms with van der Waals surface area (Å²) in [6, 6.07) is 21.5. The van der Waals surface area contributed by atoms with Crippen LogP contribution in [0.1, 0.15) is 25.3 Å². The van der Waals surface area contributed by atoms with Crippen LogP contribution in [-0.4, -0.2) is 29.4 Å². The number of hydrogen-bond donors (Lipinski definition) is 2. The zero-order valence-corrected chi connectivity index (χ0v) is 18.4. The van der Waals surface area contributed by atoms with Crippen LogP contribution in [0.4, 0.5) is 0 Å². The average molecular weight is 440 g/mol. The second-order valence-corrected chi connectivity index (χ2v) is 7.96. The summed E-state index contributed by atoms with van der Waals surface area (Å²) in [5.41, 5.74) is 16.1. The van der Waals surface area contributed by atoms with Crippen molar-refractivity contribution < 1.29 is 9.53 Å². The number of ether oxygens (including phenoxy) is 1. The molecular formula is C26H25N5O2. The molecule has 7 heteroatoms. The Morgan fingerprint density at radius 2 is 1.88 bits per heavy atom. The highest BCUT2D eigenvalue weighted by Crippen LogP contribution is 2.32. The molecule has 1 aromatic heterocycles. The van der Waals surface area contributed by atoms with Crippen LogP contribution < -0.4 is 11.5 Å². The Bertz CT molecular complexity index is 1290. The molecule has 0 bridgehead atoms. The summed E-state index contributed by atoms with van der Waals surface area (Å²) in [4.78, 5) is 21.0. The lowest BCUT2D eigenvalue weighted by atomic mass is 9.80. The van der Waals surface area contributed by atoms with E-state index in [4.69, 9.17) is 21.2 Å². The fourth-order valence-electron chi connectivity index (χ4n) is 3.86. The van der Waals surface area contributed by atoms with Crippen LogP contribution in [0.15, 0.2) is 71.2 Å². The van der Waals surface area contributed by atoms with Gasteiger partial charge < -0.3 is 16.2 Å². The molecular weight excluding hydrogens is 414 g/mol. The Hall–Kier alpha value is -4.18. The van der Waals surface area contributed by atoms with Gasteiger partial charge in [-0.2, -0.15) is 5.26 Å². The topological polar surface area (TPSA) is 127 Å². The number of aromatic nitrogens is 1. The smallest absolute Gasteiger partial charge is 0.309 e. The summed E-state index contributed by atoms with van der Waals surface area (Å²) >= 11 is 0. The third-order valence-electron chi connectivity index (χ3n) is 5.76. The van der Waals surface area contributed by atoms with Crippen molar-refractivity contribution in [3.63, 3.8) is 0 Å². The number of carbonyl (C=O) groups is 1. The van der Waals surface area contributed by atoms with E-state index < -0.39 is 0 Å². The summed E-state index contributed by atoms with van der Waals surface area (Å²) < 4.78 is 5.03.